The van der Waals surface area contributed by atoms with Gasteiger partial charge in [-0.3, -0.25) is 4.79 Å². The van der Waals surface area contributed by atoms with Crippen LogP contribution in [0.1, 0.15) is 18.4 Å². The third kappa shape index (κ3) is 2.38. The standard InChI is InChI=1S/C13H18N2OS/c16-13(7-10-3-6-17-9-10)15-5-2-12-11(8-15)1-4-14-12/h3,6,9,11-12,14H,1-2,4-5,7-8H2. The maximum atomic E-state index is 12.2. The average Bonchev–Trinajstić information content (AvgIpc) is 2.97. The molecule has 2 aliphatic rings. The van der Waals surface area contributed by atoms with E-state index < -0.39 is 0 Å². The van der Waals surface area contributed by atoms with Crippen LogP contribution in [0, 0.1) is 5.92 Å². The van der Waals surface area contributed by atoms with Gasteiger partial charge < -0.3 is 10.2 Å². The number of likely N-dealkylation sites (tertiary alicyclic amines) is 1. The zero-order valence-electron chi connectivity index (χ0n) is 9.89. The fourth-order valence-electron chi connectivity index (χ4n) is 2.95. The second-order valence-corrected chi connectivity index (χ2v) is 5.83. The minimum absolute atomic E-state index is 0.300. The third-order valence-electron chi connectivity index (χ3n) is 3.94. The van der Waals surface area contributed by atoms with E-state index in [1.807, 2.05) is 11.4 Å². The summed E-state index contributed by atoms with van der Waals surface area (Å²) in [6.45, 7) is 3.01. The Balaban J connectivity index is 1.59. The summed E-state index contributed by atoms with van der Waals surface area (Å²) in [6, 6.07) is 2.71. The Labute approximate surface area is 106 Å². The molecule has 4 heteroatoms. The molecule has 92 valence electrons. The van der Waals surface area contributed by atoms with Crippen molar-refractivity contribution in [3.63, 3.8) is 0 Å². The first-order valence-corrected chi connectivity index (χ1v) is 7.29. The molecule has 2 fully saturated rings. The lowest BCUT2D eigenvalue weighted by molar-refractivity contribution is -0.132. The van der Waals surface area contributed by atoms with Gasteiger partial charge in [0.25, 0.3) is 0 Å². The number of carbonyl (C=O) groups is 1. The van der Waals surface area contributed by atoms with Crippen molar-refractivity contribution in [2.75, 3.05) is 19.6 Å². The smallest absolute Gasteiger partial charge is 0.227 e. The van der Waals surface area contributed by atoms with Gasteiger partial charge in [0.15, 0.2) is 0 Å². The van der Waals surface area contributed by atoms with E-state index in [-0.39, 0.29) is 0 Å². The zero-order valence-corrected chi connectivity index (χ0v) is 10.7. The number of piperidine rings is 1. The molecule has 3 heterocycles. The van der Waals surface area contributed by atoms with Crippen LogP contribution in [-0.4, -0.2) is 36.5 Å². The van der Waals surface area contributed by atoms with Crippen LogP contribution in [0.5, 0.6) is 0 Å². The number of nitrogens with one attached hydrogen (secondary N) is 1. The Hall–Kier alpha value is -0.870. The number of hydrogen-bond acceptors (Lipinski definition) is 3. The lowest BCUT2D eigenvalue weighted by Gasteiger charge is -2.34. The van der Waals surface area contributed by atoms with Crippen LogP contribution in [0.15, 0.2) is 16.8 Å². The van der Waals surface area contributed by atoms with Crippen LogP contribution in [0.25, 0.3) is 0 Å². The summed E-state index contributed by atoms with van der Waals surface area (Å²) in [4.78, 5) is 14.2. The van der Waals surface area contributed by atoms with Gasteiger partial charge in [-0.15, -0.1) is 0 Å². The van der Waals surface area contributed by atoms with Crippen LogP contribution >= 0.6 is 11.3 Å². The van der Waals surface area contributed by atoms with Gasteiger partial charge in [0.1, 0.15) is 0 Å². The number of nitrogens with zero attached hydrogens (tertiary/aromatic N) is 1. The molecule has 0 saturated carbocycles. The van der Waals surface area contributed by atoms with Gasteiger partial charge >= 0.3 is 0 Å². The summed E-state index contributed by atoms with van der Waals surface area (Å²) < 4.78 is 0. The quantitative estimate of drug-likeness (QED) is 0.863. The lowest BCUT2D eigenvalue weighted by atomic mass is 9.93. The molecule has 0 aromatic carbocycles. The summed E-state index contributed by atoms with van der Waals surface area (Å²) in [6.07, 6.45) is 2.93. The van der Waals surface area contributed by atoms with E-state index in [0.29, 0.717) is 24.3 Å². The maximum absolute atomic E-state index is 12.2. The summed E-state index contributed by atoms with van der Waals surface area (Å²) in [5.74, 6) is 0.990. The van der Waals surface area contributed by atoms with Crippen LogP contribution < -0.4 is 5.32 Å². The van der Waals surface area contributed by atoms with Crippen molar-refractivity contribution in [3.8, 4) is 0 Å². The van der Waals surface area contributed by atoms with Crippen molar-refractivity contribution >= 4 is 17.2 Å². The van der Waals surface area contributed by atoms with Gasteiger partial charge in [-0.25, -0.2) is 0 Å². The number of hydrogen-bond donors (Lipinski definition) is 1. The van der Waals surface area contributed by atoms with Crippen LogP contribution in [0.3, 0.4) is 0 Å². The number of amides is 1. The molecule has 0 spiro atoms. The molecule has 0 radical (unpaired) electrons. The molecule has 2 unspecified atom stereocenters. The van der Waals surface area contributed by atoms with E-state index in [1.165, 1.54) is 6.42 Å². The fourth-order valence-corrected chi connectivity index (χ4v) is 3.62. The zero-order chi connectivity index (χ0) is 11.7. The number of fused-ring (bicyclic) bond motifs is 1. The molecule has 1 amide bonds. The Morgan fingerprint density at radius 1 is 1.53 bits per heavy atom. The van der Waals surface area contributed by atoms with Crippen molar-refractivity contribution < 1.29 is 4.79 Å². The molecule has 1 N–H and O–H groups in total. The first kappa shape index (κ1) is 11.2. The Morgan fingerprint density at radius 2 is 2.47 bits per heavy atom. The molecule has 3 nitrogen and oxygen atoms in total. The van der Waals surface area contributed by atoms with Gasteiger partial charge in [0.05, 0.1) is 6.42 Å². The van der Waals surface area contributed by atoms with Crippen LogP contribution in [0.4, 0.5) is 0 Å². The maximum Gasteiger partial charge on any atom is 0.227 e. The average molecular weight is 250 g/mol. The first-order valence-electron chi connectivity index (χ1n) is 6.35. The van der Waals surface area contributed by atoms with Gasteiger partial charge in [-0.1, -0.05) is 0 Å². The first-order chi connectivity index (χ1) is 8.33. The van der Waals surface area contributed by atoms with Gasteiger partial charge in [-0.2, -0.15) is 11.3 Å². The summed E-state index contributed by atoms with van der Waals surface area (Å²) in [7, 11) is 0. The molecule has 3 rings (SSSR count). The second kappa shape index (κ2) is 4.78. The van der Waals surface area contributed by atoms with E-state index in [2.05, 4.69) is 15.6 Å². The number of thiophene rings is 1. The Bertz CT molecular complexity index is 390. The minimum Gasteiger partial charge on any atom is -0.342 e. The monoisotopic (exact) mass is 250 g/mol. The van der Waals surface area contributed by atoms with Crippen LogP contribution in [-0.2, 0) is 11.2 Å². The summed E-state index contributed by atoms with van der Waals surface area (Å²) in [5, 5.41) is 7.64. The number of rotatable bonds is 2. The molecule has 17 heavy (non-hydrogen) atoms. The fraction of sp³-hybridized carbons (Fsp3) is 0.615. The van der Waals surface area contributed by atoms with Crippen molar-refractivity contribution in [1.29, 1.82) is 0 Å². The Kier molecular flexibility index (Phi) is 3.16. The lowest BCUT2D eigenvalue weighted by Crippen LogP contribution is -2.47. The van der Waals surface area contributed by atoms with Gasteiger partial charge in [0, 0.05) is 19.1 Å². The summed E-state index contributed by atoms with van der Waals surface area (Å²) in [5.41, 5.74) is 1.16. The molecule has 1 aromatic heterocycles. The van der Waals surface area contributed by atoms with E-state index >= 15 is 0 Å². The molecule has 2 saturated heterocycles. The van der Waals surface area contributed by atoms with Gasteiger partial charge in [0.2, 0.25) is 5.91 Å². The van der Waals surface area contributed by atoms with Crippen LogP contribution in [0.2, 0.25) is 0 Å². The van der Waals surface area contributed by atoms with Crippen molar-refractivity contribution in [3.05, 3.63) is 22.4 Å². The highest BCUT2D eigenvalue weighted by Crippen LogP contribution is 2.25. The normalized spacial score (nSPS) is 28.1. The molecule has 0 aliphatic carbocycles. The van der Waals surface area contributed by atoms with E-state index in [1.54, 1.807) is 11.3 Å². The summed E-state index contributed by atoms with van der Waals surface area (Å²) >= 11 is 1.66. The van der Waals surface area contributed by atoms with Crippen molar-refractivity contribution in [1.82, 2.24) is 10.2 Å². The Morgan fingerprint density at radius 3 is 3.29 bits per heavy atom. The van der Waals surface area contributed by atoms with E-state index in [9.17, 15) is 4.79 Å². The van der Waals surface area contributed by atoms with Gasteiger partial charge in [-0.05, 0) is 47.7 Å². The predicted octanol–water partition coefficient (Wildman–Crippen LogP) is 1.50. The van der Waals surface area contributed by atoms with Crippen molar-refractivity contribution in [2.24, 2.45) is 5.92 Å². The predicted molar refractivity (Wildman–Crippen MR) is 69.1 cm³/mol. The molecular formula is C13H18N2OS. The molecule has 2 atom stereocenters. The highest BCUT2D eigenvalue weighted by Gasteiger charge is 2.34. The molecule has 1 aromatic rings. The van der Waals surface area contributed by atoms with E-state index in [0.717, 1.165) is 31.6 Å². The highest BCUT2D eigenvalue weighted by atomic mass is 32.1. The van der Waals surface area contributed by atoms with E-state index in [4.69, 9.17) is 0 Å². The minimum atomic E-state index is 0.300. The highest BCUT2D eigenvalue weighted by molar-refractivity contribution is 7.07. The van der Waals surface area contributed by atoms with Crippen molar-refractivity contribution in [2.45, 2.75) is 25.3 Å². The molecular weight excluding hydrogens is 232 g/mol. The largest absolute Gasteiger partial charge is 0.342 e. The molecule has 2 aliphatic heterocycles. The molecule has 0 bridgehead atoms. The number of carbonyl (C=O) groups excluding carboxylic acids is 1. The topological polar surface area (TPSA) is 32.3 Å². The SMILES string of the molecule is O=C(Cc1ccsc1)N1CCC2NCCC2C1. The second-order valence-electron chi connectivity index (χ2n) is 5.05. The third-order valence-corrected chi connectivity index (χ3v) is 4.68.